The second-order valence-corrected chi connectivity index (χ2v) is 10.9. The molecule has 0 saturated heterocycles. The van der Waals surface area contributed by atoms with Gasteiger partial charge in [0, 0.05) is 6.61 Å². The number of aliphatic hydroxyl groups is 3. The van der Waals surface area contributed by atoms with Crippen molar-refractivity contribution < 1.29 is 25.2 Å². The molecule has 0 aliphatic heterocycles. The Morgan fingerprint density at radius 1 is 0.818 bits per heavy atom. The number of hydrogen-bond donors (Lipinski definition) is 4. The zero-order valence-corrected chi connectivity index (χ0v) is 20.7. The number of aliphatic carboxylic acids is 1. The van der Waals surface area contributed by atoms with E-state index >= 15 is 0 Å². The van der Waals surface area contributed by atoms with Crippen molar-refractivity contribution in [1.82, 2.24) is 0 Å². The zero-order chi connectivity index (χ0) is 24.6. The van der Waals surface area contributed by atoms with Crippen LogP contribution in [-0.4, -0.2) is 45.2 Å². The molecule has 184 valence electrons. The lowest BCUT2D eigenvalue weighted by Gasteiger charge is -2.21. The van der Waals surface area contributed by atoms with Crippen molar-refractivity contribution in [2.75, 3.05) is 6.61 Å². The number of hydrogen-bond acceptors (Lipinski definition) is 4. The average molecular weight is 459 g/mol. The van der Waals surface area contributed by atoms with Gasteiger partial charge in [0.1, 0.15) is 12.2 Å². The van der Waals surface area contributed by atoms with Gasteiger partial charge in [-0.2, -0.15) is 0 Å². The van der Waals surface area contributed by atoms with E-state index in [0.29, 0.717) is 6.42 Å². The van der Waals surface area contributed by atoms with Gasteiger partial charge in [0.05, 0.1) is 5.41 Å². The summed E-state index contributed by atoms with van der Waals surface area (Å²) in [6.45, 7) is 7.80. The summed E-state index contributed by atoms with van der Waals surface area (Å²) in [6.07, 6.45) is 17.1. The molecule has 2 aliphatic rings. The number of carbonyl (C=O) groups is 1. The highest BCUT2D eigenvalue weighted by molar-refractivity contribution is 5.73. The third-order valence-corrected chi connectivity index (χ3v) is 6.88. The summed E-state index contributed by atoms with van der Waals surface area (Å²) in [4.78, 5) is 11.2. The van der Waals surface area contributed by atoms with Crippen LogP contribution in [0.25, 0.3) is 0 Å². The topological polar surface area (TPSA) is 98.0 Å². The van der Waals surface area contributed by atoms with E-state index in [0.717, 1.165) is 67.2 Å². The first kappa shape index (κ1) is 27.3. The maximum Gasteiger partial charge on any atom is 0.309 e. The zero-order valence-electron chi connectivity index (χ0n) is 20.7. The predicted octanol–water partition coefficient (Wildman–Crippen LogP) is 5.25. The van der Waals surface area contributed by atoms with E-state index < -0.39 is 23.6 Å². The van der Waals surface area contributed by atoms with Crippen molar-refractivity contribution in [1.29, 1.82) is 0 Å². The molecule has 5 heteroatoms. The maximum absolute atomic E-state index is 11.2. The number of aliphatic hydroxyl groups excluding tert-OH is 3. The molecule has 0 radical (unpaired) electrons. The van der Waals surface area contributed by atoms with Gasteiger partial charge in [0.15, 0.2) is 0 Å². The highest BCUT2D eigenvalue weighted by Gasteiger charge is 2.26. The van der Waals surface area contributed by atoms with Crippen LogP contribution in [-0.2, 0) is 4.79 Å². The summed E-state index contributed by atoms with van der Waals surface area (Å²) in [5, 5.41) is 39.8. The molecule has 2 rings (SSSR count). The lowest BCUT2D eigenvalue weighted by molar-refractivity contribution is -0.147. The van der Waals surface area contributed by atoms with Crippen LogP contribution < -0.4 is 0 Å². The third-order valence-electron chi connectivity index (χ3n) is 6.88. The van der Waals surface area contributed by atoms with Gasteiger partial charge in [0.2, 0.25) is 0 Å². The first-order valence-corrected chi connectivity index (χ1v) is 12.2. The first-order chi connectivity index (χ1) is 15.5. The SMILES string of the molecule is CC(C)(CO)CCCCC1=CC=C(C=CC2=CC=C(CCCCC(C)(C)C(=O)O)C2O)C1O. The predicted molar refractivity (Wildman–Crippen MR) is 133 cm³/mol. The van der Waals surface area contributed by atoms with Crippen LogP contribution in [0.2, 0.25) is 0 Å². The standard InChI is InChI=1S/C28H42O5/c1-27(2,19-29)17-7-5-9-20-11-13-22(24(20)30)15-16-23-14-12-21(25(23)31)10-6-8-18-28(3,4)26(32)33/h11-16,24-25,29-31H,5-10,17-19H2,1-4H3,(H,32,33). The fraction of sp³-hybridized carbons (Fsp3) is 0.607. The fourth-order valence-corrected chi connectivity index (χ4v) is 4.14. The van der Waals surface area contributed by atoms with Crippen LogP contribution >= 0.6 is 0 Å². The highest BCUT2D eigenvalue weighted by Crippen LogP contribution is 2.31. The summed E-state index contributed by atoms with van der Waals surface area (Å²) in [5.41, 5.74) is 2.84. The monoisotopic (exact) mass is 458 g/mol. The summed E-state index contributed by atoms with van der Waals surface area (Å²) < 4.78 is 0. The first-order valence-electron chi connectivity index (χ1n) is 12.2. The molecule has 2 aliphatic carbocycles. The number of unbranched alkanes of at least 4 members (excludes halogenated alkanes) is 2. The molecule has 0 saturated carbocycles. The average Bonchev–Trinajstić information content (AvgIpc) is 3.29. The summed E-state index contributed by atoms with van der Waals surface area (Å²) >= 11 is 0. The van der Waals surface area contributed by atoms with E-state index in [1.165, 1.54) is 0 Å². The van der Waals surface area contributed by atoms with E-state index in [-0.39, 0.29) is 12.0 Å². The normalized spacial score (nSPS) is 21.3. The van der Waals surface area contributed by atoms with Gasteiger partial charge in [-0.25, -0.2) is 0 Å². The molecule has 0 aromatic heterocycles. The Hall–Kier alpha value is -1.95. The van der Waals surface area contributed by atoms with E-state index in [4.69, 9.17) is 0 Å². The molecule has 33 heavy (non-hydrogen) atoms. The molecule has 0 heterocycles. The number of carboxylic acids is 1. The maximum atomic E-state index is 11.2. The van der Waals surface area contributed by atoms with E-state index in [1.54, 1.807) is 13.8 Å². The van der Waals surface area contributed by atoms with Gasteiger partial charge in [0.25, 0.3) is 0 Å². The molecule has 0 aromatic rings. The molecule has 0 amide bonds. The molecule has 4 N–H and O–H groups in total. The van der Waals surface area contributed by atoms with Crippen LogP contribution in [0.5, 0.6) is 0 Å². The molecule has 2 atom stereocenters. The molecular formula is C28H42O5. The Balaban J connectivity index is 1.72. The van der Waals surface area contributed by atoms with Gasteiger partial charge < -0.3 is 20.4 Å². The number of rotatable bonds is 14. The van der Waals surface area contributed by atoms with Gasteiger partial charge in [-0.1, -0.05) is 63.1 Å². The van der Waals surface area contributed by atoms with Crippen molar-refractivity contribution in [3.63, 3.8) is 0 Å². The van der Waals surface area contributed by atoms with Crippen LogP contribution in [0.4, 0.5) is 0 Å². The molecular weight excluding hydrogens is 416 g/mol. The third kappa shape index (κ3) is 8.09. The summed E-state index contributed by atoms with van der Waals surface area (Å²) in [7, 11) is 0. The minimum Gasteiger partial charge on any atom is -0.481 e. The minimum atomic E-state index is -0.775. The van der Waals surface area contributed by atoms with Crippen LogP contribution in [0.1, 0.15) is 79.1 Å². The Labute approximate surface area is 198 Å². The van der Waals surface area contributed by atoms with Crippen LogP contribution in [0, 0.1) is 10.8 Å². The van der Waals surface area contributed by atoms with Gasteiger partial charge in [-0.15, -0.1) is 0 Å². The molecule has 0 bridgehead atoms. The quantitative estimate of drug-likeness (QED) is 0.267. The Kier molecular flexibility index (Phi) is 9.89. The Morgan fingerprint density at radius 2 is 1.27 bits per heavy atom. The van der Waals surface area contributed by atoms with Crippen LogP contribution in [0.15, 0.2) is 58.7 Å². The van der Waals surface area contributed by atoms with Crippen molar-refractivity contribution in [3.05, 3.63) is 58.7 Å². The molecule has 2 unspecified atom stereocenters. The van der Waals surface area contributed by atoms with Gasteiger partial charge in [-0.05, 0) is 80.1 Å². The van der Waals surface area contributed by atoms with E-state index in [2.05, 4.69) is 13.8 Å². The molecule has 5 nitrogen and oxygen atoms in total. The second kappa shape index (κ2) is 12.0. The van der Waals surface area contributed by atoms with Crippen molar-refractivity contribution >= 4 is 5.97 Å². The lowest BCUT2D eigenvalue weighted by atomic mass is 9.86. The highest BCUT2D eigenvalue weighted by atomic mass is 16.4. The Bertz CT molecular complexity index is 838. The largest absolute Gasteiger partial charge is 0.481 e. The smallest absolute Gasteiger partial charge is 0.309 e. The molecule has 0 fully saturated rings. The Morgan fingerprint density at radius 3 is 1.70 bits per heavy atom. The van der Waals surface area contributed by atoms with Crippen molar-refractivity contribution in [2.45, 2.75) is 91.3 Å². The van der Waals surface area contributed by atoms with Crippen molar-refractivity contribution in [3.8, 4) is 0 Å². The molecule has 0 aromatic carbocycles. The second-order valence-electron chi connectivity index (χ2n) is 10.9. The molecule has 0 spiro atoms. The number of allylic oxidation sites excluding steroid dienone is 4. The summed E-state index contributed by atoms with van der Waals surface area (Å²) in [5.74, 6) is -0.775. The van der Waals surface area contributed by atoms with Crippen LogP contribution in [0.3, 0.4) is 0 Å². The lowest BCUT2D eigenvalue weighted by Crippen LogP contribution is -2.23. The van der Waals surface area contributed by atoms with Crippen molar-refractivity contribution in [2.24, 2.45) is 10.8 Å². The minimum absolute atomic E-state index is 0.0490. The summed E-state index contributed by atoms with van der Waals surface area (Å²) in [6, 6.07) is 0. The number of carboxylic acid groups (broad SMARTS) is 1. The van der Waals surface area contributed by atoms with Gasteiger partial charge >= 0.3 is 5.97 Å². The van der Waals surface area contributed by atoms with E-state index in [1.807, 2.05) is 36.5 Å². The van der Waals surface area contributed by atoms with E-state index in [9.17, 15) is 25.2 Å². The van der Waals surface area contributed by atoms with Gasteiger partial charge in [-0.3, -0.25) is 4.79 Å². The fourth-order valence-electron chi connectivity index (χ4n) is 4.14.